The van der Waals surface area contributed by atoms with Crippen molar-refractivity contribution in [2.24, 2.45) is 11.7 Å². The molecule has 1 saturated carbocycles. The van der Waals surface area contributed by atoms with Crippen LogP contribution in [-0.2, 0) is 4.74 Å². The summed E-state index contributed by atoms with van der Waals surface area (Å²) in [6.45, 7) is 6.49. The first-order valence-corrected chi connectivity index (χ1v) is 9.59. The maximum atomic E-state index is 6.15. The van der Waals surface area contributed by atoms with E-state index in [1.807, 2.05) is 0 Å². The zero-order valence-corrected chi connectivity index (χ0v) is 14.7. The fourth-order valence-electron chi connectivity index (χ4n) is 3.99. The van der Waals surface area contributed by atoms with Crippen LogP contribution in [-0.4, -0.2) is 37.5 Å². The molecule has 0 spiro atoms. The molecule has 2 rings (SSSR count). The summed E-state index contributed by atoms with van der Waals surface area (Å²) in [7, 11) is 0. The molecule has 3 atom stereocenters. The third-order valence-corrected chi connectivity index (χ3v) is 5.29. The van der Waals surface area contributed by atoms with Gasteiger partial charge in [0.1, 0.15) is 0 Å². The van der Waals surface area contributed by atoms with Crippen molar-refractivity contribution in [3.8, 4) is 0 Å². The molecule has 22 heavy (non-hydrogen) atoms. The van der Waals surface area contributed by atoms with Gasteiger partial charge in [0.25, 0.3) is 0 Å². The molecule has 0 amide bonds. The Balaban J connectivity index is 1.79. The predicted octanol–water partition coefficient (Wildman–Crippen LogP) is 2.77. The Morgan fingerprint density at radius 2 is 1.91 bits per heavy atom. The molecule has 3 unspecified atom stereocenters. The zero-order valence-electron chi connectivity index (χ0n) is 14.7. The first kappa shape index (κ1) is 18.2. The van der Waals surface area contributed by atoms with Crippen molar-refractivity contribution in [2.75, 3.05) is 13.2 Å². The van der Waals surface area contributed by atoms with Crippen LogP contribution in [0.2, 0.25) is 0 Å². The monoisotopic (exact) mass is 311 g/mol. The van der Waals surface area contributed by atoms with Gasteiger partial charge in [-0.05, 0) is 63.8 Å². The molecule has 0 aromatic heterocycles. The Labute approximate surface area is 136 Å². The number of ether oxygens (including phenoxy) is 1. The highest BCUT2D eigenvalue weighted by atomic mass is 16.5. The summed E-state index contributed by atoms with van der Waals surface area (Å²) in [6.07, 6.45) is 11.7. The molecule has 1 saturated heterocycles. The maximum Gasteiger partial charge on any atom is 0.0604 e. The van der Waals surface area contributed by atoms with Crippen LogP contribution in [0.15, 0.2) is 0 Å². The molecule has 1 heterocycles. The van der Waals surface area contributed by atoms with Gasteiger partial charge in [-0.25, -0.2) is 0 Å². The van der Waals surface area contributed by atoms with Crippen molar-refractivity contribution in [3.63, 3.8) is 0 Å². The Bertz CT molecular complexity index is 292. The minimum absolute atomic E-state index is 0.432. The number of nitrogens with two attached hydrogens (primary N) is 1. The summed E-state index contributed by atoms with van der Waals surface area (Å²) < 4.78 is 6.15. The quantitative estimate of drug-likeness (QED) is 0.645. The molecule has 0 bridgehead atoms. The standard InChI is InChI=1S/C18H37N3O/c1-3-5-17(22-12-4-2)14-10-11-20-18(13-14)21-16-8-6-15(19)7-9-16/h14-18,20-21H,3-13,19H2,1-2H3. The molecule has 1 aliphatic carbocycles. The predicted molar refractivity (Wildman–Crippen MR) is 92.8 cm³/mol. The Morgan fingerprint density at radius 3 is 2.59 bits per heavy atom. The van der Waals surface area contributed by atoms with Crippen LogP contribution in [0.25, 0.3) is 0 Å². The second-order valence-electron chi connectivity index (χ2n) is 7.27. The molecule has 2 aliphatic rings. The number of hydrogen-bond donors (Lipinski definition) is 3. The van der Waals surface area contributed by atoms with Crippen molar-refractivity contribution in [1.82, 2.24) is 10.6 Å². The number of piperidine rings is 1. The molecule has 0 aromatic rings. The van der Waals surface area contributed by atoms with Crippen LogP contribution in [0.5, 0.6) is 0 Å². The van der Waals surface area contributed by atoms with E-state index in [9.17, 15) is 0 Å². The molecular weight excluding hydrogens is 274 g/mol. The van der Waals surface area contributed by atoms with E-state index in [4.69, 9.17) is 10.5 Å². The van der Waals surface area contributed by atoms with Gasteiger partial charge in [0.2, 0.25) is 0 Å². The lowest BCUT2D eigenvalue weighted by Gasteiger charge is -2.38. The number of rotatable bonds is 8. The van der Waals surface area contributed by atoms with E-state index in [1.165, 1.54) is 51.4 Å². The van der Waals surface area contributed by atoms with Crippen molar-refractivity contribution in [3.05, 3.63) is 0 Å². The van der Waals surface area contributed by atoms with Crippen molar-refractivity contribution >= 4 is 0 Å². The van der Waals surface area contributed by atoms with E-state index in [2.05, 4.69) is 24.5 Å². The smallest absolute Gasteiger partial charge is 0.0604 e. The molecule has 0 radical (unpaired) electrons. The molecule has 130 valence electrons. The average Bonchev–Trinajstić information content (AvgIpc) is 2.54. The van der Waals surface area contributed by atoms with Gasteiger partial charge in [0, 0.05) is 18.7 Å². The summed E-state index contributed by atoms with van der Waals surface area (Å²) in [6, 6.07) is 1.08. The van der Waals surface area contributed by atoms with Crippen LogP contribution in [0.4, 0.5) is 0 Å². The molecular formula is C18H37N3O. The third kappa shape index (κ3) is 5.80. The topological polar surface area (TPSA) is 59.3 Å². The maximum absolute atomic E-state index is 6.15. The minimum atomic E-state index is 0.432. The fourth-order valence-corrected chi connectivity index (χ4v) is 3.99. The van der Waals surface area contributed by atoms with E-state index in [0.29, 0.717) is 30.3 Å². The molecule has 4 heteroatoms. The van der Waals surface area contributed by atoms with Gasteiger partial charge in [-0.15, -0.1) is 0 Å². The van der Waals surface area contributed by atoms with Crippen molar-refractivity contribution in [1.29, 1.82) is 0 Å². The van der Waals surface area contributed by atoms with Gasteiger partial charge in [-0.2, -0.15) is 0 Å². The Hall–Kier alpha value is -0.160. The molecule has 1 aliphatic heterocycles. The summed E-state index contributed by atoms with van der Waals surface area (Å²) in [5.41, 5.74) is 6.01. The SMILES string of the molecule is CCCOC(CCC)C1CCNC(NC2CCC(N)CC2)C1. The van der Waals surface area contributed by atoms with Gasteiger partial charge in [0.15, 0.2) is 0 Å². The van der Waals surface area contributed by atoms with Gasteiger partial charge >= 0.3 is 0 Å². The molecule has 4 N–H and O–H groups in total. The second kappa shape index (κ2) is 9.86. The highest BCUT2D eigenvalue weighted by Crippen LogP contribution is 2.26. The molecule has 4 nitrogen and oxygen atoms in total. The lowest BCUT2D eigenvalue weighted by atomic mass is 9.86. The van der Waals surface area contributed by atoms with Crippen LogP contribution in [0, 0.1) is 5.92 Å². The zero-order chi connectivity index (χ0) is 15.8. The Morgan fingerprint density at radius 1 is 1.14 bits per heavy atom. The highest BCUT2D eigenvalue weighted by Gasteiger charge is 2.30. The van der Waals surface area contributed by atoms with Gasteiger partial charge in [-0.3, -0.25) is 5.32 Å². The summed E-state index contributed by atoms with van der Waals surface area (Å²) in [5, 5.41) is 7.50. The summed E-state index contributed by atoms with van der Waals surface area (Å²) in [4.78, 5) is 0. The van der Waals surface area contributed by atoms with E-state index >= 15 is 0 Å². The summed E-state index contributed by atoms with van der Waals surface area (Å²) in [5.74, 6) is 0.705. The van der Waals surface area contributed by atoms with Crippen LogP contribution >= 0.6 is 0 Å². The van der Waals surface area contributed by atoms with Crippen LogP contribution < -0.4 is 16.4 Å². The minimum Gasteiger partial charge on any atom is -0.378 e. The normalized spacial score (nSPS) is 34.5. The fraction of sp³-hybridized carbons (Fsp3) is 1.00. The number of nitrogens with one attached hydrogen (secondary N) is 2. The van der Waals surface area contributed by atoms with Crippen LogP contribution in [0.1, 0.15) is 71.6 Å². The highest BCUT2D eigenvalue weighted by molar-refractivity contribution is 4.86. The molecule has 2 fully saturated rings. The first-order valence-electron chi connectivity index (χ1n) is 9.59. The van der Waals surface area contributed by atoms with Gasteiger partial charge in [-0.1, -0.05) is 20.3 Å². The largest absolute Gasteiger partial charge is 0.378 e. The van der Waals surface area contributed by atoms with Crippen LogP contribution in [0.3, 0.4) is 0 Å². The number of hydrogen-bond acceptors (Lipinski definition) is 4. The van der Waals surface area contributed by atoms with Gasteiger partial charge < -0.3 is 15.8 Å². The Kier molecular flexibility index (Phi) is 8.15. The van der Waals surface area contributed by atoms with E-state index in [-0.39, 0.29) is 0 Å². The van der Waals surface area contributed by atoms with Crippen molar-refractivity contribution < 1.29 is 4.74 Å². The van der Waals surface area contributed by atoms with E-state index in [1.54, 1.807) is 0 Å². The molecule has 0 aromatic carbocycles. The van der Waals surface area contributed by atoms with E-state index in [0.717, 1.165) is 19.6 Å². The first-order chi connectivity index (χ1) is 10.7. The lowest BCUT2D eigenvalue weighted by molar-refractivity contribution is -0.0105. The van der Waals surface area contributed by atoms with Crippen molar-refractivity contribution in [2.45, 2.75) is 96.0 Å². The average molecular weight is 312 g/mol. The lowest BCUT2D eigenvalue weighted by Crippen LogP contribution is -2.54. The third-order valence-electron chi connectivity index (χ3n) is 5.29. The second-order valence-corrected chi connectivity index (χ2v) is 7.27. The van der Waals surface area contributed by atoms with Gasteiger partial charge in [0.05, 0.1) is 12.3 Å². The summed E-state index contributed by atoms with van der Waals surface area (Å²) >= 11 is 0. The van der Waals surface area contributed by atoms with E-state index < -0.39 is 0 Å².